The third kappa shape index (κ3) is 2.95. The first-order valence-electron chi connectivity index (χ1n) is 9.10. The summed E-state index contributed by atoms with van der Waals surface area (Å²) in [5.74, 6) is -0.0216. The highest BCUT2D eigenvalue weighted by Gasteiger charge is 2.47. The number of amides is 1. The van der Waals surface area contributed by atoms with E-state index in [-0.39, 0.29) is 35.7 Å². The molecule has 0 spiro atoms. The van der Waals surface area contributed by atoms with Crippen LogP contribution in [0.15, 0.2) is 24.3 Å². The Hall–Kier alpha value is -1.46. The summed E-state index contributed by atoms with van der Waals surface area (Å²) in [6, 6.07) is 7.07. The predicted octanol–water partition coefficient (Wildman–Crippen LogP) is 1.99. The summed E-state index contributed by atoms with van der Waals surface area (Å²) in [5, 5.41) is 10.0. The third-order valence-corrected chi connectivity index (χ3v) is 5.95. The van der Waals surface area contributed by atoms with Crippen molar-refractivity contribution in [3.63, 3.8) is 0 Å². The molecule has 0 aromatic heterocycles. The highest BCUT2D eigenvalue weighted by molar-refractivity contribution is 5.83. The van der Waals surface area contributed by atoms with Crippen molar-refractivity contribution < 1.29 is 14.3 Å². The average Bonchev–Trinajstić information content (AvgIpc) is 3.28. The van der Waals surface area contributed by atoms with E-state index >= 15 is 0 Å². The number of hydrogen-bond donors (Lipinski definition) is 1. The molecule has 1 heterocycles. The molecule has 0 radical (unpaired) electrons. The summed E-state index contributed by atoms with van der Waals surface area (Å²) in [6.45, 7) is 3.13. The molecule has 0 bridgehead atoms. The second-order valence-corrected chi connectivity index (χ2v) is 7.40. The average molecular weight is 332 g/mol. The molecular weight excluding hydrogens is 307 g/mol. The van der Waals surface area contributed by atoms with Gasteiger partial charge in [0.25, 0.3) is 0 Å². The lowest BCUT2D eigenvalue weighted by Gasteiger charge is -2.39. The molecule has 3 fully saturated rings. The number of aliphatic hydroxyl groups excluding tert-OH is 1. The van der Waals surface area contributed by atoms with Crippen molar-refractivity contribution in [1.29, 1.82) is 0 Å². The van der Waals surface area contributed by atoms with E-state index in [0.29, 0.717) is 5.56 Å². The summed E-state index contributed by atoms with van der Waals surface area (Å²) in [5.41, 5.74) is 0.684. The van der Waals surface area contributed by atoms with E-state index in [1.807, 2.05) is 11.0 Å². The van der Waals surface area contributed by atoms with Crippen LogP contribution >= 0.6 is 0 Å². The number of hydrogen-bond acceptors (Lipinski definition) is 3. The number of nitrogens with zero attached hydrogens (tertiary/aromatic N) is 2. The number of benzene rings is 1. The summed E-state index contributed by atoms with van der Waals surface area (Å²) >= 11 is 0. The summed E-state index contributed by atoms with van der Waals surface area (Å²) in [7, 11) is 0. The van der Waals surface area contributed by atoms with Gasteiger partial charge in [-0.05, 0) is 43.2 Å². The maximum atomic E-state index is 13.9. The molecule has 2 saturated carbocycles. The highest BCUT2D eigenvalue weighted by atomic mass is 19.1. The van der Waals surface area contributed by atoms with E-state index in [4.69, 9.17) is 0 Å². The molecule has 1 saturated heterocycles. The molecule has 1 aromatic rings. The van der Waals surface area contributed by atoms with Gasteiger partial charge < -0.3 is 10.0 Å². The predicted molar refractivity (Wildman–Crippen MR) is 89.0 cm³/mol. The minimum atomic E-state index is -0.207. The molecule has 0 unspecified atom stereocenters. The fourth-order valence-corrected chi connectivity index (χ4v) is 4.44. The fraction of sp³-hybridized carbons (Fsp3) is 0.632. The monoisotopic (exact) mass is 332 g/mol. The normalized spacial score (nSPS) is 33.7. The van der Waals surface area contributed by atoms with Crippen molar-refractivity contribution in [1.82, 2.24) is 9.80 Å². The Morgan fingerprint density at radius 1 is 1.12 bits per heavy atom. The molecule has 4 nitrogen and oxygen atoms in total. The van der Waals surface area contributed by atoms with Crippen molar-refractivity contribution in [2.45, 2.75) is 43.7 Å². The van der Waals surface area contributed by atoms with Crippen molar-refractivity contribution in [3.05, 3.63) is 35.6 Å². The fourth-order valence-electron chi connectivity index (χ4n) is 4.44. The smallest absolute Gasteiger partial charge is 0.226 e. The van der Waals surface area contributed by atoms with E-state index in [1.165, 1.54) is 6.07 Å². The quantitative estimate of drug-likeness (QED) is 0.921. The molecule has 2 aliphatic carbocycles. The van der Waals surface area contributed by atoms with Gasteiger partial charge in [-0.1, -0.05) is 18.2 Å². The lowest BCUT2D eigenvalue weighted by atomic mass is 10.1. The second kappa shape index (κ2) is 6.45. The Morgan fingerprint density at radius 2 is 1.88 bits per heavy atom. The Morgan fingerprint density at radius 3 is 2.54 bits per heavy atom. The van der Waals surface area contributed by atoms with Crippen molar-refractivity contribution >= 4 is 5.91 Å². The van der Waals surface area contributed by atoms with E-state index in [1.54, 1.807) is 12.1 Å². The van der Waals surface area contributed by atoms with E-state index < -0.39 is 0 Å². The van der Waals surface area contributed by atoms with Gasteiger partial charge in [0.1, 0.15) is 5.82 Å². The molecule has 1 aliphatic heterocycles. The summed E-state index contributed by atoms with van der Waals surface area (Å²) < 4.78 is 13.9. The van der Waals surface area contributed by atoms with Crippen LogP contribution in [-0.4, -0.2) is 59.1 Å². The lowest BCUT2D eigenvalue weighted by molar-refractivity contribution is -0.135. The first-order valence-corrected chi connectivity index (χ1v) is 9.10. The maximum Gasteiger partial charge on any atom is 0.226 e. The second-order valence-electron chi connectivity index (χ2n) is 7.40. The zero-order chi connectivity index (χ0) is 16.7. The van der Waals surface area contributed by atoms with Crippen LogP contribution in [0.2, 0.25) is 0 Å². The minimum Gasteiger partial charge on any atom is -0.391 e. The standard InChI is InChI=1S/C19H25FN2O2/c20-16-5-2-1-4-13(16)14-12-15(14)19(24)22-10-8-21(9-11-22)17-6-3-7-18(17)23/h1-2,4-5,14-15,17-18,23H,3,6-12H2/t14-,15-,17+,18+/m1/s1. The molecule has 1 amide bonds. The van der Waals surface area contributed by atoms with Crippen molar-refractivity contribution in [3.8, 4) is 0 Å². The lowest BCUT2D eigenvalue weighted by Crippen LogP contribution is -2.54. The Labute approximate surface area is 142 Å². The van der Waals surface area contributed by atoms with E-state index in [9.17, 15) is 14.3 Å². The number of carbonyl (C=O) groups excluding carboxylic acids is 1. The van der Waals surface area contributed by atoms with E-state index in [2.05, 4.69) is 4.90 Å². The van der Waals surface area contributed by atoms with Gasteiger partial charge in [0.05, 0.1) is 6.10 Å². The number of rotatable bonds is 3. The van der Waals surface area contributed by atoms with Crippen molar-refractivity contribution in [2.75, 3.05) is 26.2 Å². The van der Waals surface area contributed by atoms with E-state index in [0.717, 1.165) is 51.9 Å². The Bertz CT molecular complexity index is 615. The Balaban J connectivity index is 1.32. The first-order chi connectivity index (χ1) is 11.6. The van der Waals surface area contributed by atoms with Gasteiger partial charge in [-0.2, -0.15) is 0 Å². The molecule has 130 valence electrons. The molecule has 5 heteroatoms. The van der Waals surface area contributed by atoms with Crippen LogP contribution in [0.4, 0.5) is 4.39 Å². The number of halogens is 1. The van der Waals surface area contributed by atoms with Gasteiger partial charge >= 0.3 is 0 Å². The van der Waals surface area contributed by atoms with Crippen LogP contribution in [0, 0.1) is 11.7 Å². The van der Waals surface area contributed by atoms with Gasteiger partial charge in [0.15, 0.2) is 0 Å². The third-order valence-electron chi connectivity index (χ3n) is 5.95. The zero-order valence-corrected chi connectivity index (χ0v) is 13.9. The molecule has 1 aromatic carbocycles. The number of aliphatic hydroxyl groups is 1. The number of carbonyl (C=O) groups is 1. The van der Waals surface area contributed by atoms with Gasteiger partial charge in [-0.3, -0.25) is 9.69 Å². The van der Waals surface area contributed by atoms with Crippen LogP contribution in [0.3, 0.4) is 0 Å². The summed E-state index contributed by atoms with van der Waals surface area (Å²) in [6.07, 6.45) is 3.61. The molecule has 1 N–H and O–H groups in total. The molecule has 3 aliphatic rings. The molecule has 4 atom stereocenters. The maximum absolute atomic E-state index is 13.9. The highest BCUT2D eigenvalue weighted by Crippen LogP contribution is 2.49. The van der Waals surface area contributed by atoms with Gasteiger partial charge in [0, 0.05) is 38.1 Å². The van der Waals surface area contributed by atoms with Crippen LogP contribution < -0.4 is 0 Å². The SMILES string of the molecule is O=C([C@@H]1C[C@@H]1c1ccccc1F)N1CCN([C@H]2CCC[C@@H]2O)CC1. The zero-order valence-electron chi connectivity index (χ0n) is 13.9. The molecular formula is C19H25FN2O2. The van der Waals surface area contributed by atoms with Crippen molar-refractivity contribution in [2.24, 2.45) is 5.92 Å². The summed E-state index contributed by atoms with van der Waals surface area (Å²) in [4.78, 5) is 17.0. The number of piperazine rings is 1. The minimum absolute atomic E-state index is 0.0494. The van der Waals surface area contributed by atoms with Crippen LogP contribution in [0.5, 0.6) is 0 Å². The van der Waals surface area contributed by atoms with Crippen LogP contribution in [0.1, 0.15) is 37.2 Å². The van der Waals surface area contributed by atoms with Gasteiger partial charge in [0.2, 0.25) is 5.91 Å². The first kappa shape index (κ1) is 16.0. The van der Waals surface area contributed by atoms with Crippen LogP contribution in [-0.2, 0) is 4.79 Å². The van der Waals surface area contributed by atoms with Crippen LogP contribution in [0.25, 0.3) is 0 Å². The topological polar surface area (TPSA) is 43.8 Å². The van der Waals surface area contributed by atoms with Gasteiger partial charge in [-0.25, -0.2) is 4.39 Å². The largest absolute Gasteiger partial charge is 0.391 e. The molecule has 24 heavy (non-hydrogen) atoms. The Kier molecular flexibility index (Phi) is 4.31. The van der Waals surface area contributed by atoms with Gasteiger partial charge in [-0.15, -0.1) is 0 Å². The molecule has 4 rings (SSSR count).